The molecule has 0 spiro atoms. The zero-order chi connectivity index (χ0) is 11.3. The Kier molecular flexibility index (Phi) is 4.93. The van der Waals surface area contributed by atoms with Gasteiger partial charge in [0.2, 0.25) is 0 Å². The first-order valence-corrected chi connectivity index (χ1v) is 8.01. The van der Waals surface area contributed by atoms with Crippen LogP contribution >= 0.6 is 30.7 Å². The molecule has 1 aromatic carbocycles. The van der Waals surface area contributed by atoms with Gasteiger partial charge in [-0.1, -0.05) is 42.6 Å². The lowest BCUT2D eigenvalue weighted by Crippen LogP contribution is -1.86. The van der Waals surface area contributed by atoms with Crippen LogP contribution in [-0.2, 0) is 10.3 Å². The molecule has 0 aliphatic rings. The summed E-state index contributed by atoms with van der Waals surface area (Å²) in [4.78, 5) is 8.90. The number of thioether (sulfide) groups is 1. The van der Waals surface area contributed by atoms with Crippen LogP contribution in [0, 0.1) is 0 Å². The maximum absolute atomic E-state index is 10.9. The number of thiol groups is 1. The van der Waals surface area contributed by atoms with Gasteiger partial charge in [0.15, 0.2) is 0 Å². The molecule has 0 amide bonds. The van der Waals surface area contributed by atoms with E-state index in [-0.39, 0.29) is 0 Å². The predicted octanol–water partition coefficient (Wildman–Crippen LogP) is 3.37. The molecule has 1 atom stereocenters. The van der Waals surface area contributed by atoms with Crippen LogP contribution in [0.15, 0.2) is 35.1 Å². The maximum atomic E-state index is 10.9. The molecule has 0 heterocycles. The van der Waals surface area contributed by atoms with Gasteiger partial charge in [-0.15, -0.1) is 11.8 Å². The Labute approximate surface area is 98.7 Å². The second-order valence-corrected chi connectivity index (χ2v) is 6.86. The third-order valence-corrected chi connectivity index (χ3v) is 3.51. The summed E-state index contributed by atoms with van der Waals surface area (Å²) >= 11 is 4.91. The Morgan fingerprint density at radius 3 is 2.67 bits per heavy atom. The van der Waals surface area contributed by atoms with E-state index in [9.17, 15) is 4.57 Å². The molecule has 0 radical (unpaired) electrons. The van der Waals surface area contributed by atoms with Crippen molar-refractivity contribution in [1.29, 1.82) is 0 Å². The molecule has 82 valence electrons. The summed E-state index contributed by atoms with van der Waals surface area (Å²) in [6, 6.07) is 9.86. The quantitative estimate of drug-likeness (QED) is 0.379. The molecule has 0 saturated carbocycles. The van der Waals surface area contributed by atoms with Gasteiger partial charge >= 0.3 is 6.72 Å². The van der Waals surface area contributed by atoms with Crippen molar-refractivity contribution in [3.8, 4) is 0 Å². The minimum atomic E-state index is -3.58. The number of rotatable bonds is 3. The van der Waals surface area contributed by atoms with Gasteiger partial charge in [0, 0.05) is 5.75 Å². The fourth-order valence-corrected chi connectivity index (χ4v) is 3.06. The van der Waals surface area contributed by atoms with E-state index in [1.807, 2.05) is 30.3 Å². The average molecular weight is 261 g/mol. The molecular weight excluding hydrogens is 249 g/mol. The molecule has 6 heteroatoms. The highest BCUT2D eigenvalue weighted by Gasteiger charge is 2.08. The van der Waals surface area contributed by atoms with E-state index in [0.29, 0.717) is 5.04 Å². The molecule has 1 aromatic rings. The molecule has 0 aromatic heterocycles. The molecule has 1 rings (SSSR count). The van der Waals surface area contributed by atoms with Crippen molar-refractivity contribution < 1.29 is 9.46 Å². The lowest BCUT2D eigenvalue weighted by molar-refractivity contribution is 0.499. The maximum Gasteiger partial charge on any atom is 0.366 e. The van der Waals surface area contributed by atoms with E-state index in [1.54, 1.807) is 6.92 Å². The van der Waals surface area contributed by atoms with Gasteiger partial charge in [0.25, 0.3) is 0 Å². The minimum absolute atomic E-state index is 0.569. The smallest absolute Gasteiger partial charge is 0.320 e. The number of hydrogen-bond acceptors (Lipinski definition) is 2. The largest absolute Gasteiger partial charge is 0.366 e. The summed E-state index contributed by atoms with van der Waals surface area (Å²) in [6.07, 6.45) is 0. The Morgan fingerprint density at radius 1 is 1.53 bits per heavy atom. The summed E-state index contributed by atoms with van der Waals surface area (Å²) in [5.74, 6) is 0.740. The summed E-state index contributed by atoms with van der Waals surface area (Å²) in [5, 5.41) is 0.569. The van der Waals surface area contributed by atoms with E-state index in [1.165, 1.54) is 11.8 Å². The van der Waals surface area contributed by atoms with Crippen LogP contribution in [0.5, 0.6) is 0 Å². The van der Waals surface area contributed by atoms with Gasteiger partial charge in [-0.25, -0.2) is 0 Å². The van der Waals surface area contributed by atoms with Crippen molar-refractivity contribution in [2.75, 3.05) is 0 Å². The first-order chi connectivity index (χ1) is 6.97. The second kappa shape index (κ2) is 5.75. The molecule has 15 heavy (non-hydrogen) atoms. The number of nitrogens with zero attached hydrogens (tertiary/aromatic N) is 1. The van der Waals surface area contributed by atoms with Crippen LogP contribution < -0.4 is 0 Å². The van der Waals surface area contributed by atoms with Crippen LogP contribution in [0.4, 0.5) is 0 Å². The molecule has 0 aliphatic heterocycles. The van der Waals surface area contributed by atoms with Crippen LogP contribution in [0.3, 0.4) is 0 Å². The van der Waals surface area contributed by atoms with E-state index in [4.69, 9.17) is 4.89 Å². The lowest BCUT2D eigenvalue weighted by Gasteiger charge is -2.02. The molecule has 0 fully saturated rings. The third kappa shape index (κ3) is 6.05. The Morgan fingerprint density at radius 2 is 2.13 bits per heavy atom. The predicted molar refractivity (Wildman–Crippen MR) is 69.7 cm³/mol. The van der Waals surface area contributed by atoms with Crippen LogP contribution in [-0.4, -0.2) is 9.94 Å². The van der Waals surface area contributed by atoms with Gasteiger partial charge in [0.1, 0.15) is 0 Å². The van der Waals surface area contributed by atoms with E-state index < -0.39 is 6.72 Å². The molecule has 1 N–H and O–H groups in total. The fourth-order valence-electron chi connectivity index (χ4n) is 0.974. The average Bonchev–Trinajstić information content (AvgIpc) is 2.14. The Hall–Kier alpha value is -0.220. The normalized spacial score (nSPS) is 16.1. The number of benzene rings is 1. The summed E-state index contributed by atoms with van der Waals surface area (Å²) in [5.41, 5.74) is 1.16. The highest BCUT2D eigenvalue weighted by molar-refractivity contribution is 8.45. The first kappa shape index (κ1) is 12.8. The van der Waals surface area contributed by atoms with Gasteiger partial charge in [0.05, 0.1) is 5.04 Å². The second-order valence-electron chi connectivity index (χ2n) is 2.91. The summed E-state index contributed by atoms with van der Waals surface area (Å²) in [6.45, 7) is -1.88. The lowest BCUT2D eigenvalue weighted by atomic mass is 10.2. The van der Waals surface area contributed by atoms with Crippen LogP contribution in [0.25, 0.3) is 0 Å². The molecule has 0 saturated heterocycles. The Bertz CT molecular complexity index is 388. The van der Waals surface area contributed by atoms with Crippen LogP contribution in [0.2, 0.25) is 0 Å². The van der Waals surface area contributed by atoms with Gasteiger partial charge in [-0.05, 0) is 12.5 Å². The van der Waals surface area contributed by atoms with Crippen molar-refractivity contribution in [2.24, 2.45) is 4.76 Å². The van der Waals surface area contributed by atoms with Crippen molar-refractivity contribution in [2.45, 2.75) is 12.7 Å². The van der Waals surface area contributed by atoms with Gasteiger partial charge in [-0.2, -0.15) is 4.76 Å². The molecule has 1 unspecified atom stereocenters. The van der Waals surface area contributed by atoms with Crippen molar-refractivity contribution in [1.82, 2.24) is 0 Å². The summed E-state index contributed by atoms with van der Waals surface area (Å²) < 4.78 is 14.4. The van der Waals surface area contributed by atoms with Crippen LogP contribution in [0.1, 0.15) is 12.5 Å². The fraction of sp³-hybridized carbons (Fsp3) is 0.222. The summed E-state index contributed by atoms with van der Waals surface area (Å²) in [7, 11) is 0. The van der Waals surface area contributed by atoms with Gasteiger partial charge in [-0.3, -0.25) is 4.57 Å². The Balaban J connectivity index is 2.52. The zero-order valence-electron chi connectivity index (χ0n) is 8.20. The molecule has 0 aliphatic carbocycles. The standard InChI is InChI=1S/C9H12NO2PS2/c1-8(10-13(11,12)14)15-7-9-5-3-2-4-6-9/h2-6H,7H2,1H3,(H2,11,12,14). The first-order valence-electron chi connectivity index (χ1n) is 4.26. The SMILES string of the molecule is CC(=NP(=O)(O)S)SCc1ccccc1. The topological polar surface area (TPSA) is 49.7 Å². The zero-order valence-corrected chi connectivity index (χ0v) is 10.8. The minimum Gasteiger partial charge on any atom is -0.320 e. The van der Waals surface area contributed by atoms with Crippen molar-refractivity contribution in [3.63, 3.8) is 0 Å². The molecular formula is C9H12NO2PS2. The van der Waals surface area contributed by atoms with Crippen molar-refractivity contribution in [3.05, 3.63) is 35.9 Å². The third-order valence-electron chi connectivity index (χ3n) is 1.56. The van der Waals surface area contributed by atoms with E-state index >= 15 is 0 Å². The molecule has 3 nitrogen and oxygen atoms in total. The molecule has 0 bridgehead atoms. The number of hydrogen-bond donors (Lipinski definition) is 2. The van der Waals surface area contributed by atoms with Gasteiger partial charge < -0.3 is 4.89 Å². The monoisotopic (exact) mass is 261 g/mol. The van der Waals surface area contributed by atoms with E-state index in [0.717, 1.165) is 11.3 Å². The van der Waals surface area contributed by atoms with Crippen molar-refractivity contribution >= 4 is 35.8 Å². The highest BCUT2D eigenvalue weighted by Crippen LogP contribution is 2.48. The van der Waals surface area contributed by atoms with E-state index in [2.05, 4.69) is 17.0 Å². The highest BCUT2D eigenvalue weighted by atomic mass is 32.7.